The van der Waals surface area contributed by atoms with Crippen LogP contribution < -0.4 is 10.6 Å². The molecule has 0 aliphatic heterocycles. The first-order valence-corrected chi connectivity index (χ1v) is 5.23. The van der Waals surface area contributed by atoms with Gasteiger partial charge in [0.15, 0.2) is 5.82 Å². The predicted octanol–water partition coefficient (Wildman–Crippen LogP) is 1.64. The molecule has 1 aromatic rings. The first-order chi connectivity index (χ1) is 6.65. The summed E-state index contributed by atoms with van der Waals surface area (Å²) in [6.45, 7) is 11.1. The van der Waals surface area contributed by atoms with Gasteiger partial charge in [-0.1, -0.05) is 0 Å². The van der Waals surface area contributed by atoms with E-state index < -0.39 is 0 Å². The number of hydrogen-bond donors (Lipinski definition) is 1. The van der Waals surface area contributed by atoms with Crippen LogP contribution in [0.4, 0.5) is 11.5 Å². The highest BCUT2D eigenvalue weighted by atomic mass is 15.4. The van der Waals surface area contributed by atoms with Gasteiger partial charge in [0.1, 0.15) is 0 Å². The summed E-state index contributed by atoms with van der Waals surface area (Å²) >= 11 is 0. The maximum atomic E-state index is 6.01. The molecule has 4 nitrogen and oxygen atoms in total. The highest BCUT2D eigenvalue weighted by Gasteiger charge is 2.15. The van der Waals surface area contributed by atoms with E-state index >= 15 is 0 Å². The van der Waals surface area contributed by atoms with Gasteiger partial charge in [-0.2, -0.15) is 5.10 Å². The smallest absolute Gasteiger partial charge is 0.150 e. The number of rotatable bonds is 4. The third-order valence-corrected chi connectivity index (χ3v) is 2.51. The number of hydrogen-bond acceptors (Lipinski definition) is 3. The van der Waals surface area contributed by atoms with Crippen LogP contribution in [0.3, 0.4) is 0 Å². The molecular weight excluding hydrogens is 176 g/mol. The summed E-state index contributed by atoms with van der Waals surface area (Å²) in [6, 6.07) is 0. The van der Waals surface area contributed by atoms with Crippen LogP contribution in [-0.4, -0.2) is 22.9 Å². The summed E-state index contributed by atoms with van der Waals surface area (Å²) in [5.74, 6) is 1.06. The van der Waals surface area contributed by atoms with E-state index in [0.717, 1.165) is 36.8 Å². The van der Waals surface area contributed by atoms with E-state index in [9.17, 15) is 0 Å². The van der Waals surface area contributed by atoms with Crippen LogP contribution >= 0.6 is 0 Å². The van der Waals surface area contributed by atoms with Crippen molar-refractivity contribution in [2.24, 2.45) is 0 Å². The van der Waals surface area contributed by atoms with Gasteiger partial charge in [-0.15, -0.1) is 0 Å². The zero-order valence-corrected chi connectivity index (χ0v) is 9.54. The Bertz CT molecular complexity index is 299. The fourth-order valence-corrected chi connectivity index (χ4v) is 1.66. The molecule has 2 N–H and O–H groups in total. The van der Waals surface area contributed by atoms with E-state index in [1.165, 1.54) is 0 Å². The molecule has 0 bridgehead atoms. The van der Waals surface area contributed by atoms with Crippen LogP contribution in [0.5, 0.6) is 0 Å². The zero-order chi connectivity index (χ0) is 10.7. The van der Waals surface area contributed by atoms with Crippen molar-refractivity contribution in [2.75, 3.05) is 23.7 Å². The molecule has 0 aromatic carbocycles. The number of aryl methyl sites for hydroxylation is 2. The van der Waals surface area contributed by atoms with Crippen LogP contribution in [0.15, 0.2) is 0 Å². The number of aromatic nitrogens is 2. The molecule has 0 fully saturated rings. The van der Waals surface area contributed by atoms with Crippen molar-refractivity contribution in [3.05, 3.63) is 5.69 Å². The third-order valence-electron chi connectivity index (χ3n) is 2.51. The molecule has 0 atom stereocenters. The van der Waals surface area contributed by atoms with Crippen LogP contribution in [0.1, 0.15) is 26.5 Å². The maximum Gasteiger partial charge on any atom is 0.150 e. The van der Waals surface area contributed by atoms with Crippen LogP contribution in [0.25, 0.3) is 0 Å². The van der Waals surface area contributed by atoms with Gasteiger partial charge < -0.3 is 10.6 Å². The molecule has 1 aromatic heterocycles. The first kappa shape index (κ1) is 10.9. The van der Waals surface area contributed by atoms with E-state index in [1.807, 2.05) is 11.6 Å². The van der Waals surface area contributed by atoms with E-state index in [4.69, 9.17) is 5.73 Å². The summed E-state index contributed by atoms with van der Waals surface area (Å²) in [5.41, 5.74) is 7.75. The second-order valence-electron chi connectivity index (χ2n) is 3.31. The van der Waals surface area contributed by atoms with Crippen molar-refractivity contribution in [1.29, 1.82) is 0 Å². The van der Waals surface area contributed by atoms with Crippen molar-refractivity contribution in [1.82, 2.24) is 9.78 Å². The molecule has 0 spiro atoms. The fourth-order valence-electron chi connectivity index (χ4n) is 1.66. The number of nitrogens with two attached hydrogens (primary N) is 1. The first-order valence-electron chi connectivity index (χ1n) is 5.23. The molecule has 0 saturated heterocycles. The Hall–Kier alpha value is -1.19. The largest absolute Gasteiger partial charge is 0.394 e. The minimum Gasteiger partial charge on any atom is -0.394 e. The second-order valence-corrected chi connectivity index (χ2v) is 3.31. The number of nitrogen functional groups attached to an aromatic ring is 1. The topological polar surface area (TPSA) is 47.1 Å². The Kier molecular flexibility index (Phi) is 3.38. The van der Waals surface area contributed by atoms with Gasteiger partial charge >= 0.3 is 0 Å². The van der Waals surface area contributed by atoms with E-state index in [2.05, 4.69) is 30.8 Å². The Morgan fingerprint density at radius 1 is 1.29 bits per heavy atom. The lowest BCUT2D eigenvalue weighted by Crippen LogP contribution is -2.25. The summed E-state index contributed by atoms with van der Waals surface area (Å²) in [7, 11) is 0. The molecule has 80 valence electrons. The molecule has 0 radical (unpaired) electrons. The lowest BCUT2D eigenvalue weighted by atomic mass is 10.3. The summed E-state index contributed by atoms with van der Waals surface area (Å²) in [5, 5.41) is 4.40. The average Bonchev–Trinajstić information content (AvgIpc) is 2.47. The molecular formula is C10H20N4. The van der Waals surface area contributed by atoms with Gasteiger partial charge in [-0.05, 0) is 27.7 Å². The van der Waals surface area contributed by atoms with E-state index in [1.54, 1.807) is 0 Å². The molecule has 4 heteroatoms. The highest BCUT2D eigenvalue weighted by Crippen LogP contribution is 2.25. The summed E-state index contributed by atoms with van der Waals surface area (Å²) in [6.07, 6.45) is 0. The molecule has 0 aliphatic carbocycles. The van der Waals surface area contributed by atoms with Crippen molar-refractivity contribution in [3.63, 3.8) is 0 Å². The monoisotopic (exact) mass is 196 g/mol. The minimum absolute atomic E-state index is 0.815. The molecule has 1 rings (SSSR count). The Morgan fingerprint density at radius 3 is 2.29 bits per heavy atom. The lowest BCUT2D eigenvalue weighted by Gasteiger charge is -2.22. The SMILES string of the molecule is CCN(CC)c1c(N)c(C)nn1CC. The highest BCUT2D eigenvalue weighted by molar-refractivity contribution is 5.66. The van der Waals surface area contributed by atoms with Gasteiger partial charge in [-0.25, -0.2) is 4.68 Å². The van der Waals surface area contributed by atoms with Gasteiger partial charge in [-0.3, -0.25) is 0 Å². The molecule has 14 heavy (non-hydrogen) atoms. The van der Waals surface area contributed by atoms with Crippen molar-refractivity contribution in [3.8, 4) is 0 Å². The van der Waals surface area contributed by atoms with Gasteiger partial charge in [0, 0.05) is 19.6 Å². The van der Waals surface area contributed by atoms with Crippen LogP contribution in [-0.2, 0) is 6.54 Å². The minimum atomic E-state index is 0.815. The fraction of sp³-hybridized carbons (Fsp3) is 0.700. The molecule has 0 aliphatic rings. The second kappa shape index (κ2) is 4.35. The van der Waals surface area contributed by atoms with Gasteiger partial charge in [0.05, 0.1) is 11.4 Å². The Balaban J connectivity index is 3.15. The number of anilines is 2. The van der Waals surface area contributed by atoms with Crippen molar-refractivity contribution in [2.45, 2.75) is 34.2 Å². The molecule has 0 unspecified atom stereocenters. The molecule has 1 heterocycles. The number of nitrogens with zero attached hydrogens (tertiary/aromatic N) is 3. The molecule has 0 amide bonds. The maximum absolute atomic E-state index is 6.01. The van der Waals surface area contributed by atoms with Crippen molar-refractivity contribution < 1.29 is 0 Å². The van der Waals surface area contributed by atoms with E-state index in [-0.39, 0.29) is 0 Å². The Labute approximate surface area is 85.7 Å². The van der Waals surface area contributed by atoms with Crippen LogP contribution in [0.2, 0.25) is 0 Å². The van der Waals surface area contributed by atoms with Gasteiger partial charge in [0.25, 0.3) is 0 Å². The zero-order valence-electron chi connectivity index (χ0n) is 9.54. The standard InChI is InChI=1S/C10H20N4/c1-5-13(6-2)10-9(11)8(4)12-14(10)7-3/h5-7,11H2,1-4H3. The van der Waals surface area contributed by atoms with Crippen molar-refractivity contribution >= 4 is 11.5 Å². The summed E-state index contributed by atoms with van der Waals surface area (Å²) in [4.78, 5) is 2.23. The third kappa shape index (κ3) is 1.69. The van der Waals surface area contributed by atoms with E-state index in [0.29, 0.717) is 0 Å². The van der Waals surface area contributed by atoms with Crippen LogP contribution in [0, 0.1) is 6.92 Å². The quantitative estimate of drug-likeness (QED) is 0.796. The average molecular weight is 196 g/mol. The summed E-state index contributed by atoms with van der Waals surface area (Å²) < 4.78 is 1.97. The predicted molar refractivity (Wildman–Crippen MR) is 60.6 cm³/mol. The normalized spacial score (nSPS) is 10.6. The molecule has 0 saturated carbocycles. The lowest BCUT2D eigenvalue weighted by molar-refractivity contribution is 0.636. The Morgan fingerprint density at radius 2 is 1.86 bits per heavy atom. The van der Waals surface area contributed by atoms with Gasteiger partial charge in [0.2, 0.25) is 0 Å².